The van der Waals surface area contributed by atoms with Crippen molar-refractivity contribution in [2.45, 2.75) is 19.3 Å². The molecule has 1 N–H and O–H groups in total. The van der Waals surface area contributed by atoms with Gasteiger partial charge < -0.3 is 10.3 Å². The topological polar surface area (TPSA) is 93.5 Å². The monoisotopic (exact) mass is 267 g/mol. The summed E-state index contributed by atoms with van der Waals surface area (Å²) in [6.45, 7) is 1.56. The molecule has 0 amide bonds. The third-order valence-corrected chi connectivity index (χ3v) is 3.57. The van der Waals surface area contributed by atoms with Crippen LogP contribution in [0.2, 0.25) is 0 Å². The largest absolute Gasteiger partial charge is 0.711 e. The van der Waals surface area contributed by atoms with E-state index < -0.39 is 4.92 Å². The molecular weight excluding hydrogens is 250 g/mol. The van der Waals surface area contributed by atoms with Gasteiger partial charge in [0.25, 0.3) is 11.5 Å². The van der Waals surface area contributed by atoms with Gasteiger partial charge in [0.05, 0.1) is 24.1 Å². The average molecular weight is 267 g/mol. The zero-order valence-electron chi connectivity index (χ0n) is 10.6. The average Bonchev–Trinajstić information content (AvgIpc) is 2.40. The maximum absolute atomic E-state index is 11.7. The van der Waals surface area contributed by atoms with Crippen LogP contribution in [0.1, 0.15) is 19.3 Å². The highest BCUT2D eigenvalue weighted by Gasteiger charge is 2.27. The summed E-state index contributed by atoms with van der Waals surface area (Å²) in [7, 11) is 0. The minimum atomic E-state index is -0.498. The Morgan fingerprint density at radius 2 is 2.16 bits per heavy atom. The van der Waals surface area contributed by atoms with E-state index >= 15 is 0 Å². The second-order valence-electron chi connectivity index (χ2n) is 4.77. The van der Waals surface area contributed by atoms with Gasteiger partial charge in [0.15, 0.2) is 0 Å². The number of nitrogens with zero attached hydrogens (tertiary/aromatic N) is 3. The van der Waals surface area contributed by atoms with Gasteiger partial charge in [-0.2, -0.15) is 0 Å². The zero-order valence-corrected chi connectivity index (χ0v) is 10.6. The molecule has 0 aromatic carbocycles. The molecule has 7 nitrogen and oxygen atoms in total. The first-order valence-electron chi connectivity index (χ1n) is 6.35. The number of aliphatic hydroxyl groups excluding tert-OH is 1. The number of piperidine rings is 1. The van der Waals surface area contributed by atoms with Gasteiger partial charge in [-0.15, -0.1) is 0 Å². The van der Waals surface area contributed by atoms with Crippen molar-refractivity contribution in [1.29, 1.82) is 0 Å². The summed E-state index contributed by atoms with van der Waals surface area (Å²) < 4.78 is 0.666. The summed E-state index contributed by atoms with van der Waals surface area (Å²) in [5, 5.41) is 31.3. The molecule has 2 rings (SSSR count). The van der Waals surface area contributed by atoms with E-state index in [4.69, 9.17) is 5.11 Å². The molecule has 0 radical (unpaired) electrons. The van der Waals surface area contributed by atoms with Crippen LogP contribution in [-0.2, 0) is 0 Å². The van der Waals surface area contributed by atoms with Crippen LogP contribution in [0.25, 0.3) is 0 Å². The molecule has 0 spiro atoms. The molecule has 1 aliphatic rings. The van der Waals surface area contributed by atoms with Crippen LogP contribution in [0, 0.1) is 21.2 Å². The van der Waals surface area contributed by atoms with E-state index in [-0.39, 0.29) is 12.3 Å². The van der Waals surface area contributed by atoms with Crippen molar-refractivity contribution in [2.24, 2.45) is 5.92 Å². The third kappa shape index (κ3) is 3.11. The van der Waals surface area contributed by atoms with E-state index in [0.717, 1.165) is 19.3 Å². The molecule has 1 fully saturated rings. The Bertz CT molecular complexity index is 458. The summed E-state index contributed by atoms with van der Waals surface area (Å²) in [4.78, 5) is 12.1. The smallest absolute Gasteiger partial charge is 0.286 e. The van der Waals surface area contributed by atoms with E-state index in [1.165, 1.54) is 18.3 Å². The van der Waals surface area contributed by atoms with E-state index in [2.05, 4.69) is 0 Å². The van der Waals surface area contributed by atoms with Gasteiger partial charge in [-0.25, -0.2) is 4.73 Å². The Balaban J connectivity index is 2.10. The number of anilines is 1. The van der Waals surface area contributed by atoms with E-state index in [1.807, 2.05) is 4.90 Å². The number of aliphatic hydroxyl groups is 1. The van der Waals surface area contributed by atoms with E-state index in [1.54, 1.807) is 0 Å². The van der Waals surface area contributed by atoms with Gasteiger partial charge in [-0.1, -0.05) is 0 Å². The minimum Gasteiger partial charge on any atom is -0.711 e. The standard InChI is InChI=1S/C12H17N3O4/c16-8-4-10-1-5-13(6-2-10)12-9-11(15(18)19)3-7-14(12)17/h3,7,9-10,16H,1-2,4-6,8H2. The molecule has 0 aliphatic carbocycles. The Hall–Kier alpha value is -1.89. The van der Waals surface area contributed by atoms with Crippen molar-refractivity contribution in [2.75, 3.05) is 24.6 Å². The number of hydrogen-bond donors (Lipinski definition) is 1. The number of nitro groups is 1. The summed E-state index contributed by atoms with van der Waals surface area (Å²) in [5.74, 6) is 0.802. The summed E-state index contributed by atoms with van der Waals surface area (Å²) in [6.07, 6.45) is 3.74. The van der Waals surface area contributed by atoms with Crippen molar-refractivity contribution in [3.63, 3.8) is 0 Å². The molecule has 2 heterocycles. The SMILES string of the molecule is O=[N+]([O-])c1cc[n+]([O-])c(N2CCC(CCO)CC2)c1. The second kappa shape index (κ2) is 5.83. The summed E-state index contributed by atoms with van der Waals surface area (Å²) in [6, 6.07) is 2.52. The molecule has 1 aliphatic heterocycles. The maximum Gasteiger partial charge on any atom is 0.286 e. The fraction of sp³-hybridized carbons (Fsp3) is 0.583. The van der Waals surface area contributed by atoms with Crippen LogP contribution < -0.4 is 9.63 Å². The van der Waals surface area contributed by atoms with Gasteiger partial charge >= 0.3 is 0 Å². The van der Waals surface area contributed by atoms with Crippen molar-refractivity contribution in [1.82, 2.24) is 0 Å². The first-order chi connectivity index (χ1) is 9.11. The van der Waals surface area contributed by atoms with Gasteiger partial charge in [0.2, 0.25) is 0 Å². The van der Waals surface area contributed by atoms with Crippen LogP contribution in [0.15, 0.2) is 18.3 Å². The first kappa shape index (κ1) is 13.5. The predicted octanol–water partition coefficient (Wildman–Crippen LogP) is 0.827. The van der Waals surface area contributed by atoms with Crippen LogP contribution in [0.4, 0.5) is 11.5 Å². The fourth-order valence-electron chi connectivity index (χ4n) is 2.44. The molecular formula is C12H17N3O4. The molecule has 1 aromatic rings. The molecule has 7 heteroatoms. The van der Waals surface area contributed by atoms with Crippen molar-refractivity contribution >= 4 is 11.5 Å². The maximum atomic E-state index is 11.7. The molecule has 0 bridgehead atoms. The lowest BCUT2D eigenvalue weighted by Crippen LogP contribution is -2.42. The Labute approximate surface area is 110 Å². The second-order valence-corrected chi connectivity index (χ2v) is 4.77. The Morgan fingerprint density at radius 1 is 1.47 bits per heavy atom. The molecule has 0 unspecified atom stereocenters. The van der Waals surface area contributed by atoms with E-state index in [0.29, 0.717) is 29.6 Å². The highest BCUT2D eigenvalue weighted by Crippen LogP contribution is 2.24. The van der Waals surface area contributed by atoms with Crippen LogP contribution in [-0.4, -0.2) is 29.7 Å². The van der Waals surface area contributed by atoms with Gasteiger partial charge in [-0.05, 0) is 25.2 Å². The summed E-state index contributed by atoms with van der Waals surface area (Å²) >= 11 is 0. The quantitative estimate of drug-likeness (QED) is 0.377. The zero-order chi connectivity index (χ0) is 13.8. The molecule has 1 saturated heterocycles. The number of aromatic nitrogens is 1. The minimum absolute atomic E-state index is 0.0698. The van der Waals surface area contributed by atoms with Gasteiger partial charge in [0.1, 0.15) is 12.3 Å². The lowest BCUT2D eigenvalue weighted by molar-refractivity contribution is -0.593. The first-order valence-corrected chi connectivity index (χ1v) is 6.35. The van der Waals surface area contributed by atoms with Crippen LogP contribution in [0.3, 0.4) is 0 Å². The fourth-order valence-corrected chi connectivity index (χ4v) is 2.44. The van der Waals surface area contributed by atoms with Crippen molar-refractivity contribution in [3.8, 4) is 0 Å². The lowest BCUT2D eigenvalue weighted by atomic mass is 9.94. The molecule has 104 valence electrons. The lowest BCUT2D eigenvalue weighted by Gasteiger charge is -2.28. The van der Waals surface area contributed by atoms with Gasteiger partial charge in [0, 0.05) is 6.61 Å². The predicted molar refractivity (Wildman–Crippen MR) is 68.7 cm³/mol. The Morgan fingerprint density at radius 3 is 2.74 bits per heavy atom. The highest BCUT2D eigenvalue weighted by molar-refractivity contribution is 5.43. The number of rotatable bonds is 4. The molecule has 0 atom stereocenters. The van der Waals surface area contributed by atoms with Crippen molar-refractivity contribution in [3.05, 3.63) is 33.7 Å². The molecule has 19 heavy (non-hydrogen) atoms. The van der Waals surface area contributed by atoms with Crippen LogP contribution in [0.5, 0.6) is 0 Å². The third-order valence-electron chi connectivity index (χ3n) is 3.57. The normalized spacial score (nSPS) is 16.6. The number of hydrogen-bond acceptors (Lipinski definition) is 5. The highest BCUT2D eigenvalue weighted by atomic mass is 16.6. The van der Waals surface area contributed by atoms with Crippen LogP contribution >= 0.6 is 0 Å². The number of pyridine rings is 1. The van der Waals surface area contributed by atoms with Crippen molar-refractivity contribution < 1.29 is 14.8 Å². The Kier molecular flexibility index (Phi) is 4.16. The van der Waals surface area contributed by atoms with Gasteiger partial charge in [-0.3, -0.25) is 15.0 Å². The molecule has 1 aromatic heterocycles. The van der Waals surface area contributed by atoms with E-state index in [9.17, 15) is 15.3 Å². The summed E-state index contributed by atoms with van der Waals surface area (Å²) in [5.41, 5.74) is -0.0698. The molecule has 0 saturated carbocycles.